The molecule has 0 aliphatic carbocycles. The zero-order valence-electron chi connectivity index (χ0n) is 16.9. The molecule has 0 spiro atoms. The number of anilines is 1. The van der Waals surface area contributed by atoms with E-state index in [0.717, 1.165) is 12.1 Å². The van der Waals surface area contributed by atoms with Crippen LogP contribution in [0.1, 0.15) is 18.4 Å². The number of para-hydroxylation sites is 2. The molecule has 0 bridgehead atoms. The first kappa shape index (κ1) is 21.5. The van der Waals surface area contributed by atoms with Crippen LogP contribution in [0.25, 0.3) is 6.08 Å². The third kappa shape index (κ3) is 4.47. The normalized spacial score (nSPS) is 14.7. The molecule has 164 valence electrons. The van der Waals surface area contributed by atoms with Crippen LogP contribution in [-0.2, 0) is 11.4 Å². The number of thiocarbonyl (C=S) groups is 1. The summed E-state index contributed by atoms with van der Waals surface area (Å²) in [6, 6.07) is 13.4. The molecule has 1 N–H and O–H groups in total. The van der Waals surface area contributed by atoms with Gasteiger partial charge in [-0.25, -0.2) is 13.7 Å². The maximum Gasteiger partial charge on any atom is 0.281 e. The number of amides is 1. The van der Waals surface area contributed by atoms with E-state index in [9.17, 15) is 13.6 Å². The van der Waals surface area contributed by atoms with Crippen molar-refractivity contribution in [2.75, 3.05) is 11.5 Å². The molecule has 2 aromatic carbocycles. The fourth-order valence-corrected chi connectivity index (χ4v) is 3.40. The number of ether oxygens (including phenoxy) is 2. The van der Waals surface area contributed by atoms with Crippen molar-refractivity contribution in [3.05, 3.63) is 83.4 Å². The van der Waals surface area contributed by atoms with Gasteiger partial charge in [-0.05, 0) is 55.5 Å². The second-order valence-electron chi connectivity index (χ2n) is 6.70. The van der Waals surface area contributed by atoms with Crippen LogP contribution < -0.4 is 19.7 Å². The summed E-state index contributed by atoms with van der Waals surface area (Å²) in [7, 11) is 0. The number of hydrogen-bond donors (Lipinski definition) is 1. The Morgan fingerprint density at radius 1 is 1.09 bits per heavy atom. The summed E-state index contributed by atoms with van der Waals surface area (Å²) in [5.74, 6) is -0.630. The van der Waals surface area contributed by atoms with E-state index >= 15 is 0 Å². The van der Waals surface area contributed by atoms with E-state index in [1.807, 2.05) is 13.0 Å². The second kappa shape index (κ2) is 9.19. The zero-order valence-corrected chi connectivity index (χ0v) is 17.7. The molecule has 1 aromatic heterocycles. The van der Waals surface area contributed by atoms with Gasteiger partial charge >= 0.3 is 0 Å². The first-order valence-corrected chi connectivity index (χ1v) is 10.1. The van der Waals surface area contributed by atoms with E-state index in [1.165, 1.54) is 17.0 Å². The Morgan fingerprint density at radius 3 is 2.69 bits per heavy atom. The third-order valence-electron chi connectivity index (χ3n) is 4.52. The fraction of sp³-hybridized carbons (Fsp3) is 0.130. The van der Waals surface area contributed by atoms with E-state index in [4.69, 9.17) is 26.1 Å². The quantitative estimate of drug-likeness (QED) is 0.407. The molecule has 3 aromatic rings. The lowest BCUT2D eigenvalue weighted by atomic mass is 10.2. The Balaban J connectivity index is 1.49. The molecule has 4 rings (SSSR count). The molecule has 0 radical (unpaired) electrons. The number of carbonyl (C=O) groups excluding carboxylic acids is 1. The summed E-state index contributed by atoms with van der Waals surface area (Å²) in [5, 5.41) is 3.10. The summed E-state index contributed by atoms with van der Waals surface area (Å²) in [6.45, 7) is 2.23. The Labute approximate surface area is 188 Å². The Bertz CT molecular complexity index is 1210. The van der Waals surface area contributed by atoms with Crippen LogP contribution in [0.5, 0.6) is 11.5 Å². The molecule has 1 amide bonds. The van der Waals surface area contributed by atoms with Gasteiger partial charge in [0.05, 0.1) is 12.3 Å². The molecular weight excluding hydrogens is 438 g/mol. The van der Waals surface area contributed by atoms with Gasteiger partial charge < -0.3 is 19.2 Å². The SMILES string of the molecule is CCOc1ccccc1N1C(=O)/C(=C\c2ccc(COc3ccc(F)cc3F)o2)NC1=S. The number of hydrogen-bond acceptors (Lipinski definition) is 5. The van der Waals surface area contributed by atoms with Crippen molar-refractivity contribution >= 4 is 35.0 Å². The van der Waals surface area contributed by atoms with Crippen LogP contribution in [0.2, 0.25) is 0 Å². The van der Waals surface area contributed by atoms with Crippen molar-refractivity contribution in [1.29, 1.82) is 0 Å². The highest BCUT2D eigenvalue weighted by Gasteiger charge is 2.34. The van der Waals surface area contributed by atoms with Gasteiger partial charge in [0.25, 0.3) is 5.91 Å². The molecular formula is C23H18F2N2O4S. The van der Waals surface area contributed by atoms with Gasteiger partial charge in [-0.2, -0.15) is 0 Å². The summed E-state index contributed by atoms with van der Waals surface area (Å²) in [4.78, 5) is 14.3. The predicted molar refractivity (Wildman–Crippen MR) is 118 cm³/mol. The molecule has 9 heteroatoms. The van der Waals surface area contributed by atoms with E-state index in [1.54, 1.807) is 30.3 Å². The van der Waals surface area contributed by atoms with Crippen LogP contribution in [0.4, 0.5) is 14.5 Å². The zero-order chi connectivity index (χ0) is 22.7. The highest BCUT2D eigenvalue weighted by Crippen LogP contribution is 2.31. The smallest absolute Gasteiger partial charge is 0.281 e. The number of nitrogens with zero attached hydrogens (tertiary/aromatic N) is 1. The minimum absolute atomic E-state index is 0.0701. The monoisotopic (exact) mass is 456 g/mol. The summed E-state index contributed by atoms with van der Waals surface area (Å²) in [6.07, 6.45) is 1.51. The molecule has 1 aliphatic heterocycles. The topological polar surface area (TPSA) is 63.9 Å². The van der Waals surface area contributed by atoms with Gasteiger partial charge in [-0.3, -0.25) is 4.79 Å². The Hall–Kier alpha value is -3.72. The number of carbonyl (C=O) groups is 1. The maximum absolute atomic E-state index is 13.7. The van der Waals surface area contributed by atoms with Crippen LogP contribution in [0.15, 0.2) is 64.7 Å². The highest BCUT2D eigenvalue weighted by molar-refractivity contribution is 7.80. The summed E-state index contributed by atoms with van der Waals surface area (Å²) in [5.41, 5.74) is 0.766. The van der Waals surface area contributed by atoms with Crippen molar-refractivity contribution in [3.8, 4) is 11.5 Å². The van der Waals surface area contributed by atoms with Gasteiger partial charge in [0.2, 0.25) is 0 Å². The van der Waals surface area contributed by atoms with E-state index in [2.05, 4.69) is 5.32 Å². The van der Waals surface area contributed by atoms with Gasteiger partial charge in [-0.15, -0.1) is 0 Å². The van der Waals surface area contributed by atoms with Crippen LogP contribution >= 0.6 is 12.2 Å². The van der Waals surface area contributed by atoms with Crippen molar-refractivity contribution in [2.24, 2.45) is 0 Å². The fourth-order valence-electron chi connectivity index (χ4n) is 3.11. The lowest BCUT2D eigenvalue weighted by Gasteiger charge is -2.17. The van der Waals surface area contributed by atoms with Crippen molar-refractivity contribution < 1.29 is 27.5 Å². The maximum atomic E-state index is 13.7. The van der Waals surface area contributed by atoms with Gasteiger partial charge in [0.15, 0.2) is 16.7 Å². The lowest BCUT2D eigenvalue weighted by Crippen LogP contribution is -2.30. The first-order valence-electron chi connectivity index (χ1n) is 9.71. The third-order valence-corrected chi connectivity index (χ3v) is 4.80. The highest BCUT2D eigenvalue weighted by atomic mass is 32.1. The molecule has 0 atom stereocenters. The molecule has 32 heavy (non-hydrogen) atoms. The Morgan fingerprint density at radius 2 is 1.91 bits per heavy atom. The van der Waals surface area contributed by atoms with E-state index in [0.29, 0.717) is 29.6 Å². The number of benzene rings is 2. The van der Waals surface area contributed by atoms with Gasteiger partial charge in [0, 0.05) is 12.1 Å². The standard InChI is InChI=1S/C23H18F2N2O4S/c1-2-29-21-6-4-3-5-19(21)27-22(28)18(26-23(27)32)12-15-8-9-16(31-15)13-30-20-10-7-14(24)11-17(20)25/h3-12H,2,13H2,1H3,(H,26,32)/b18-12+. The number of halogens is 2. The lowest BCUT2D eigenvalue weighted by molar-refractivity contribution is -0.113. The molecule has 1 fully saturated rings. The minimum Gasteiger partial charge on any atom is -0.492 e. The molecule has 0 unspecified atom stereocenters. The Kier molecular flexibility index (Phi) is 6.18. The van der Waals surface area contributed by atoms with Crippen LogP contribution in [0, 0.1) is 11.6 Å². The molecule has 2 heterocycles. The van der Waals surface area contributed by atoms with Crippen molar-refractivity contribution in [1.82, 2.24) is 5.32 Å². The van der Waals surface area contributed by atoms with Crippen LogP contribution in [-0.4, -0.2) is 17.6 Å². The largest absolute Gasteiger partial charge is 0.492 e. The first-order chi connectivity index (χ1) is 15.5. The average molecular weight is 456 g/mol. The number of furan rings is 1. The van der Waals surface area contributed by atoms with Gasteiger partial charge in [0.1, 0.15) is 35.4 Å². The van der Waals surface area contributed by atoms with Gasteiger partial charge in [-0.1, -0.05) is 12.1 Å². The molecule has 0 saturated carbocycles. The van der Waals surface area contributed by atoms with Crippen LogP contribution in [0.3, 0.4) is 0 Å². The number of rotatable bonds is 7. The molecule has 1 aliphatic rings. The van der Waals surface area contributed by atoms with Crippen molar-refractivity contribution in [2.45, 2.75) is 13.5 Å². The second-order valence-corrected chi connectivity index (χ2v) is 7.08. The van der Waals surface area contributed by atoms with E-state index in [-0.39, 0.29) is 29.1 Å². The molecule has 1 saturated heterocycles. The van der Waals surface area contributed by atoms with Crippen molar-refractivity contribution in [3.63, 3.8) is 0 Å². The summed E-state index contributed by atoms with van der Waals surface area (Å²) < 4.78 is 43.2. The minimum atomic E-state index is -0.805. The van der Waals surface area contributed by atoms with E-state index < -0.39 is 11.6 Å². The predicted octanol–water partition coefficient (Wildman–Crippen LogP) is 4.80. The average Bonchev–Trinajstić information content (AvgIpc) is 3.32. The number of nitrogens with one attached hydrogen (secondary N) is 1. The molecule has 6 nitrogen and oxygen atoms in total. The summed E-state index contributed by atoms with van der Waals surface area (Å²) >= 11 is 5.34.